The highest BCUT2D eigenvalue weighted by Crippen LogP contribution is 2.45. The van der Waals surface area contributed by atoms with Crippen molar-refractivity contribution in [3.05, 3.63) is 164 Å². The third-order valence-corrected chi connectivity index (χ3v) is 11.3. The summed E-state index contributed by atoms with van der Waals surface area (Å²) in [6.45, 7) is 0. The fraction of sp³-hybridized carbons (Fsp3) is 0. The number of nitrogens with zero attached hydrogens (tertiary/aromatic N) is 3. The topological polar surface area (TPSA) is 51.8 Å². The molecule has 0 N–H and O–H groups in total. The van der Waals surface area contributed by atoms with E-state index in [0.29, 0.717) is 17.5 Å². The first-order chi connectivity index (χ1) is 25.8. The Bertz CT molecular complexity index is 3200. The largest absolute Gasteiger partial charge is 0.456 e. The fourth-order valence-corrected chi connectivity index (χ4v) is 8.90. The van der Waals surface area contributed by atoms with Crippen LogP contribution < -0.4 is 0 Å². The normalized spacial score (nSPS) is 11.8. The lowest BCUT2D eigenvalue weighted by Crippen LogP contribution is -2.00. The number of fused-ring (bicyclic) bond motifs is 9. The van der Waals surface area contributed by atoms with E-state index in [9.17, 15) is 0 Å². The van der Waals surface area contributed by atoms with Crippen LogP contribution in [0.25, 0.3) is 109 Å². The first kappa shape index (κ1) is 29.1. The number of hydrogen-bond donors (Lipinski definition) is 0. The maximum absolute atomic E-state index is 6.60. The predicted octanol–water partition coefficient (Wildman–Crippen LogP) is 13.1. The van der Waals surface area contributed by atoms with Crippen molar-refractivity contribution in [1.29, 1.82) is 0 Å². The summed E-state index contributed by atoms with van der Waals surface area (Å²) in [5, 5.41) is 9.37. The summed E-state index contributed by atoms with van der Waals surface area (Å²) in [6.07, 6.45) is 0. The number of thiophene rings is 1. The lowest BCUT2D eigenvalue weighted by Gasteiger charge is -2.11. The number of hydrogen-bond acceptors (Lipinski definition) is 5. The highest BCUT2D eigenvalue weighted by molar-refractivity contribution is 7.25. The minimum absolute atomic E-state index is 0.602. The first-order valence-corrected chi connectivity index (χ1v) is 18.2. The fourth-order valence-electron chi connectivity index (χ4n) is 7.77. The van der Waals surface area contributed by atoms with Gasteiger partial charge >= 0.3 is 0 Å². The molecule has 11 rings (SSSR count). The average Bonchev–Trinajstić information content (AvgIpc) is 3.80. The van der Waals surface area contributed by atoms with E-state index in [2.05, 4.69) is 121 Å². The standard InChI is InChI=1S/C47H27N3OS/c1-2-12-29(13-3-1)45-48-46(31-25-26-33-30(27-31)24-23-28-11-4-5-14-32(28)33)50-47(49-45)37-18-9-20-39-44(37)43-35(16-8-19-38(43)51-39)34-17-10-22-41-42(34)36-15-6-7-21-40(36)52-41/h1-27H. The van der Waals surface area contributed by atoms with Crippen LogP contribution in [0.15, 0.2) is 168 Å². The molecule has 3 aromatic heterocycles. The molecule has 0 atom stereocenters. The van der Waals surface area contributed by atoms with Gasteiger partial charge in [-0.1, -0.05) is 133 Å². The highest BCUT2D eigenvalue weighted by atomic mass is 32.1. The van der Waals surface area contributed by atoms with Gasteiger partial charge < -0.3 is 4.42 Å². The lowest BCUT2D eigenvalue weighted by molar-refractivity contribution is 0.669. The number of rotatable bonds is 4. The molecule has 4 nitrogen and oxygen atoms in total. The number of benzene rings is 8. The van der Waals surface area contributed by atoms with Crippen LogP contribution in [0.4, 0.5) is 0 Å². The summed E-state index contributed by atoms with van der Waals surface area (Å²) in [5.41, 5.74) is 6.70. The zero-order valence-corrected chi connectivity index (χ0v) is 28.6. The van der Waals surface area contributed by atoms with Gasteiger partial charge in [0, 0.05) is 47.6 Å². The van der Waals surface area contributed by atoms with Crippen LogP contribution in [0.1, 0.15) is 0 Å². The van der Waals surface area contributed by atoms with E-state index in [1.165, 1.54) is 41.9 Å². The number of furan rings is 1. The predicted molar refractivity (Wildman–Crippen MR) is 217 cm³/mol. The van der Waals surface area contributed by atoms with Crippen molar-refractivity contribution in [2.45, 2.75) is 0 Å². The quantitative estimate of drug-likeness (QED) is 0.174. The Hall–Kier alpha value is -6.69. The molecular formula is C47H27N3OS. The third kappa shape index (κ3) is 4.50. The zero-order valence-electron chi connectivity index (χ0n) is 27.7. The molecule has 0 fully saturated rings. The second-order valence-electron chi connectivity index (χ2n) is 13.1. The molecule has 11 aromatic rings. The van der Waals surface area contributed by atoms with Crippen molar-refractivity contribution in [2.24, 2.45) is 0 Å². The monoisotopic (exact) mass is 681 g/mol. The molecule has 8 aromatic carbocycles. The van der Waals surface area contributed by atoms with Crippen LogP contribution in [0.3, 0.4) is 0 Å². The smallest absolute Gasteiger partial charge is 0.164 e. The Morgan fingerprint density at radius 2 is 0.962 bits per heavy atom. The first-order valence-electron chi connectivity index (χ1n) is 17.4. The van der Waals surface area contributed by atoms with Crippen molar-refractivity contribution < 1.29 is 4.42 Å². The summed E-state index contributed by atoms with van der Waals surface area (Å²) in [7, 11) is 0. The van der Waals surface area contributed by atoms with Crippen LogP contribution in [0, 0.1) is 0 Å². The minimum Gasteiger partial charge on any atom is -0.456 e. The van der Waals surface area contributed by atoms with Crippen LogP contribution >= 0.6 is 11.3 Å². The van der Waals surface area contributed by atoms with Crippen LogP contribution in [0.2, 0.25) is 0 Å². The van der Waals surface area contributed by atoms with Crippen LogP contribution in [-0.2, 0) is 0 Å². The van der Waals surface area contributed by atoms with E-state index in [-0.39, 0.29) is 0 Å². The Kier molecular flexibility index (Phi) is 6.39. The summed E-state index contributed by atoms with van der Waals surface area (Å²) < 4.78 is 9.15. The van der Waals surface area contributed by atoms with Gasteiger partial charge in [-0.05, 0) is 63.0 Å². The molecule has 0 radical (unpaired) electrons. The third-order valence-electron chi connectivity index (χ3n) is 10.1. The Morgan fingerprint density at radius 3 is 1.81 bits per heavy atom. The molecule has 0 aliphatic heterocycles. The van der Waals surface area contributed by atoms with E-state index in [1.54, 1.807) is 0 Å². The highest BCUT2D eigenvalue weighted by Gasteiger charge is 2.21. The zero-order chi connectivity index (χ0) is 34.2. The minimum atomic E-state index is 0.602. The Balaban J connectivity index is 1.17. The molecule has 0 amide bonds. The lowest BCUT2D eigenvalue weighted by atomic mass is 9.94. The van der Waals surface area contributed by atoms with Gasteiger partial charge in [-0.2, -0.15) is 0 Å². The van der Waals surface area contributed by atoms with Gasteiger partial charge in [0.05, 0.1) is 0 Å². The Labute approximate surface area is 302 Å². The van der Waals surface area contributed by atoms with Gasteiger partial charge in [0.15, 0.2) is 17.5 Å². The molecule has 0 unspecified atom stereocenters. The molecule has 242 valence electrons. The average molecular weight is 682 g/mol. The van der Waals surface area contributed by atoms with Gasteiger partial charge in [0.1, 0.15) is 11.2 Å². The molecule has 5 heteroatoms. The maximum Gasteiger partial charge on any atom is 0.164 e. The maximum atomic E-state index is 6.60. The van der Waals surface area contributed by atoms with Crippen molar-refractivity contribution in [3.63, 3.8) is 0 Å². The molecule has 52 heavy (non-hydrogen) atoms. The molecule has 0 aliphatic rings. The van der Waals surface area contributed by atoms with Gasteiger partial charge in [0.2, 0.25) is 0 Å². The van der Waals surface area contributed by atoms with E-state index in [0.717, 1.165) is 49.6 Å². The van der Waals surface area contributed by atoms with Crippen molar-refractivity contribution in [1.82, 2.24) is 15.0 Å². The summed E-state index contributed by atoms with van der Waals surface area (Å²) in [6, 6.07) is 57.3. The summed E-state index contributed by atoms with van der Waals surface area (Å²) in [5.74, 6) is 1.85. The molecule has 0 bridgehead atoms. The van der Waals surface area contributed by atoms with Crippen LogP contribution in [-0.4, -0.2) is 15.0 Å². The van der Waals surface area contributed by atoms with Gasteiger partial charge in [-0.25, -0.2) is 15.0 Å². The van der Waals surface area contributed by atoms with Crippen LogP contribution in [0.5, 0.6) is 0 Å². The molecule has 0 saturated heterocycles. The summed E-state index contributed by atoms with van der Waals surface area (Å²) in [4.78, 5) is 15.5. The molecule has 0 saturated carbocycles. The van der Waals surface area contributed by atoms with Crippen molar-refractivity contribution in [3.8, 4) is 45.3 Å². The van der Waals surface area contributed by atoms with E-state index < -0.39 is 0 Å². The second kappa shape index (κ2) is 11.4. The van der Waals surface area contributed by atoms with E-state index in [1.807, 2.05) is 53.8 Å². The summed E-state index contributed by atoms with van der Waals surface area (Å²) >= 11 is 1.83. The molecular weight excluding hydrogens is 655 g/mol. The molecule has 0 aliphatic carbocycles. The van der Waals surface area contributed by atoms with Gasteiger partial charge in [-0.3, -0.25) is 0 Å². The molecule has 3 heterocycles. The Morgan fingerprint density at radius 1 is 0.365 bits per heavy atom. The SMILES string of the molecule is c1ccc(-c2nc(-c3ccc4c(ccc5ccccc54)c3)nc(-c3cccc4oc5cccc(-c6cccc7sc8ccccc8c67)c5c34)n2)cc1. The second-order valence-corrected chi connectivity index (χ2v) is 14.2. The van der Waals surface area contributed by atoms with Crippen molar-refractivity contribution >= 4 is 75.0 Å². The van der Waals surface area contributed by atoms with Gasteiger partial charge in [-0.15, -0.1) is 11.3 Å². The number of aromatic nitrogens is 3. The van der Waals surface area contributed by atoms with Crippen molar-refractivity contribution in [2.75, 3.05) is 0 Å². The van der Waals surface area contributed by atoms with E-state index >= 15 is 0 Å². The van der Waals surface area contributed by atoms with Gasteiger partial charge in [0.25, 0.3) is 0 Å². The molecule has 0 spiro atoms. The van der Waals surface area contributed by atoms with E-state index in [4.69, 9.17) is 19.4 Å².